The van der Waals surface area contributed by atoms with Crippen molar-refractivity contribution in [2.45, 2.75) is 5.41 Å². The van der Waals surface area contributed by atoms with E-state index in [4.69, 9.17) is 9.97 Å². The standard InChI is InChI=1S/C41H26N2S/c1-2-15-30(16-3-1)41(35-21-7-4-18-32(35)33-19-5-8-22-36(33)41)31-17-11-13-28(25-31)27-12-10-14-29(24-27)40-42-26-38-39(43-40)34-20-6-9-23-37(34)44-38/h1-26H. The Morgan fingerprint density at radius 1 is 0.477 bits per heavy atom. The lowest BCUT2D eigenvalue weighted by atomic mass is 9.67. The highest BCUT2D eigenvalue weighted by Crippen LogP contribution is 2.56. The summed E-state index contributed by atoms with van der Waals surface area (Å²) in [5, 5.41) is 1.18. The van der Waals surface area contributed by atoms with Gasteiger partial charge in [-0.1, -0.05) is 133 Å². The molecule has 0 spiro atoms. The van der Waals surface area contributed by atoms with E-state index in [-0.39, 0.29) is 0 Å². The van der Waals surface area contributed by atoms with E-state index in [9.17, 15) is 0 Å². The van der Waals surface area contributed by atoms with Crippen molar-refractivity contribution in [3.63, 3.8) is 0 Å². The van der Waals surface area contributed by atoms with Crippen LogP contribution in [0.4, 0.5) is 0 Å². The molecule has 0 saturated heterocycles. The van der Waals surface area contributed by atoms with Gasteiger partial charge in [-0.15, -0.1) is 11.3 Å². The summed E-state index contributed by atoms with van der Waals surface area (Å²) in [6.45, 7) is 0. The second-order valence-corrected chi connectivity index (χ2v) is 12.5. The topological polar surface area (TPSA) is 25.8 Å². The van der Waals surface area contributed by atoms with Gasteiger partial charge in [-0.25, -0.2) is 9.97 Å². The van der Waals surface area contributed by atoms with Gasteiger partial charge in [-0.3, -0.25) is 0 Å². The van der Waals surface area contributed by atoms with Crippen LogP contribution in [-0.2, 0) is 5.41 Å². The first-order valence-electron chi connectivity index (χ1n) is 14.9. The molecule has 2 aromatic heterocycles. The van der Waals surface area contributed by atoms with Gasteiger partial charge in [0.1, 0.15) is 0 Å². The first kappa shape index (κ1) is 25.1. The molecular formula is C41H26N2S. The molecule has 0 radical (unpaired) electrons. The minimum Gasteiger partial charge on any atom is -0.235 e. The fourth-order valence-corrected chi connectivity index (χ4v) is 8.14. The van der Waals surface area contributed by atoms with E-state index in [0.717, 1.165) is 27.2 Å². The molecule has 0 atom stereocenters. The second kappa shape index (κ2) is 9.84. The second-order valence-electron chi connectivity index (χ2n) is 11.4. The van der Waals surface area contributed by atoms with Crippen LogP contribution in [0.2, 0.25) is 0 Å². The van der Waals surface area contributed by atoms with Crippen molar-refractivity contribution in [2.24, 2.45) is 0 Å². The molecule has 9 rings (SSSR count). The van der Waals surface area contributed by atoms with E-state index < -0.39 is 5.41 Å². The number of fused-ring (bicyclic) bond motifs is 6. The molecule has 0 aliphatic heterocycles. The van der Waals surface area contributed by atoms with Gasteiger partial charge in [0.15, 0.2) is 5.82 Å². The molecule has 0 N–H and O–H groups in total. The van der Waals surface area contributed by atoms with Gasteiger partial charge in [-0.05, 0) is 62.7 Å². The Labute approximate surface area is 260 Å². The minimum atomic E-state index is -0.420. The number of hydrogen-bond donors (Lipinski definition) is 0. The number of nitrogens with zero attached hydrogens (tertiary/aromatic N) is 2. The van der Waals surface area contributed by atoms with Crippen molar-refractivity contribution < 1.29 is 0 Å². The van der Waals surface area contributed by atoms with Crippen molar-refractivity contribution in [2.75, 3.05) is 0 Å². The van der Waals surface area contributed by atoms with Gasteiger partial charge in [0.25, 0.3) is 0 Å². The summed E-state index contributed by atoms with van der Waals surface area (Å²) >= 11 is 1.74. The Hall–Kier alpha value is -5.38. The SMILES string of the molecule is c1ccc(C2(c3cccc(-c4cccc(-c5ncc6sc7ccccc7c6n5)c4)c3)c3ccccc3-c3ccccc32)cc1. The highest BCUT2D eigenvalue weighted by molar-refractivity contribution is 7.25. The molecule has 0 bridgehead atoms. The monoisotopic (exact) mass is 578 g/mol. The number of thiophene rings is 1. The van der Waals surface area contributed by atoms with Gasteiger partial charge in [0.2, 0.25) is 0 Å². The van der Waals surface area contributed by atoms with Gasteiger partial charge in [0, 0.05) is 21.8 Å². The highest BCUT2D eigenvalue weighted by atomic mass is 32.1. The number of aromatic nitrogens is 2. The number of benzene rings is 6. The Morgan fingerprint density at radius 2 is 1.09 bits per heavy atom. The van der Waals surface area contributed by atoms with Gasteiger partial charge >= 0.3 is 0 Å². The number of rotatable bonds is 4. The summed E-state index contributed by atoms with van der Waals surface area (Å²) in [7, 11) is 0. The molecule has 3 heteroatoms. The van der Waals surface area contributed by atoms with Crippen molar-refractivity contribution in [1.82, 2.24) is 9.97 Å². The number of hydrogen-bond acceptors (Lipinski definition) is 3. The Kier molecular flexibility index (Phi) is 5.62. The maximum absolute atomic E-state index is 5.05. The Bertz CT molecular complexity index is 2310. The van der Waals surface area contributed by atoms with Crippen LogP contribution in [0.5, 0.6) is 0 Å². The Morgan fingerprint density at radius 3 is 1.89 bits per heavy atom. The third-order valence-electron chi connectivity index (χ3n) is 9.03. The normalized spacial score (nSPS) is 13.2. The molecule has 0 unspecified atom stereocenters. The van der Waals surface area contributed by atoms with E-state index in [2.05, 4.69) is 152 Å². The quantitative estimate of drug-likeness (QED) is 0.208. The summed E-state index contributed by atoms with van der Waals surface area (Å²) in [6, 6.07) is 54.9. The Balaban J connectivity index is 1.22. The molecule has 0 saturated carbocycles. The fraction of sp³-hybridized carbons (Fsp3) is 0.0244. The molecule has 2 heterocycles. The van der Waals surface area contributed by atoms with Crippen molar-refractivity contribution >= 4 is 31.6 Å². The fourth-order valence-electron chi connectivity index (χ4n) is 7.13. The van der Waals surface area contributed by atoms with Gasteiger partial charge < -0.3 is 0 Å². The zero-order valence-corrected chi connectivity index (χ0v) is 24.6. The van der Waals surface area contributed by atoms with Crippen LogP contribution in [0, 0.1) is 0 Å². The van der Waals surface area contributed by atoms with Crippen LogP contribution < -0.4 is 0 Å². The summed E-state index contributed by atoms with van der Waals surface area (Å²) in [4.78, 5) is 9.84. The summed E-state index contributed by atoms with van der Waals surface area (Å²) in [5.74, 6) is 0.749. The predicted molar refractivity (Wildman–Crippen MR) is 183 cm³/mol. The smallest absolute Gasteiger partial charge is 0.159 e. The summed E-state index contributed by atoms with van der Waals surface area (Å²) in [5.41, 5.74) is 11.7. The van der Waals surface area contributed by atoms with Crippen molar-refractivity contribution in [3.05, 3.63) is 180 Å². The molecule has 8 aromatic rings. The van der Waals surface area contributed by atoms with E-state index in [1.807, 2.05) is 6.20 Å². The zero-order valence-electron chi connectivity index (χ0n) is 23.8. The van der Waals surface area contributed by atoms with Crippen LogP contribution in [0.1, 0.15) is 22.3 Å². The zero-order chi connectivity index (χ0) is 29.1. The summed E-state index contributed by atoms with van der Waals surface area (Å²) < 4.78 is 2.35. The van der Waals surface area contributed by atoms with Crippen LogP contribution in [0.25, 0.3) is 53.9 Å². The molecule has 0 amide bonds. The predicted octanol–water partition coefficient (Wildman–Crippen LogP) is 10.5. The van der Waals surface area contributed by atoms with Crippen molar-refractivity contribution in [1.29, 1.82) is 0 Å². The molecular weight excluding hydrogens is 553 g/mol. The molecule has 0 fully saturated rings. The highest BCUT2D eigenvalue weighted by Gasteiger charge is 2.45. The van der Waals surface area contributed by atoms with E-state index in [1.54, 1.807) is 11.3 Å². The lowest BCUT2D eigenvalue weighted by molar-refractivity contribution is 0.769. The molecule has 1 aliphatic rings. The third-order valence-corrected chi connectivity index (χ3v) is 10.1. The first-order valence-corrected chi connectivity index (χ1v) is 15.7. The summed E-state index contributed by atoms with van der Waals surface area (Å²) in [6.07, 6.45) is 1.97. The van der Waals surface area contributed by atoms with Gasteiger partial charge in [0.05, 0.1) is 15.6 Å². The maximum Gasteiger partial charge on any atom is 0.159 e. The lowest BCUT2D eigenvalue weighted by Gasteiger charge is -2.34. The molecule has 2 nitrogen and oxygen atoms in total. The molecule has 206 valence electrons. The lowest BCUT2D eigenvalue weighted by Crippen LogP contribution is -2.28. The molecule has 6 aromatic carbocycles. The largest absolute Gasteiger partial charge is 0.235 e. The minimum absolute atomic E-state index is 0.420. The average Bonchev–Trinajstić information content (AvgIpc) is 3.62. The van der Waals surface area contributed by atoms with E-state index in [0.29, 0.717) is 0 Å². The van der Waals surface area contributed by atoms with Crippen LogP contribution >= 0.6 is 11.3 Å². The maximum atomic E-state index is 5.05. The van der Waals surface area contributed by atoms with Crippen molar-refractivity contribution in [3.8, 4) is 33.6 Å². The first-order chi connectivity index (χ1) is 21.8. The van der Waals surface area contributed by atoms with Crippen LogP contribution in [-0.4, -0.2) is 9.97 Å². The van der Waals surface area contributed by atoms with Crippen LogP contribution in [0.15, 0.2) is 158 Å². The average molecular weight is 579 g/mol. The van der Waals surface area contributed by atoms with Crippen LogP contribution in [0.3, 0.4) is 0 Å². The van der Waals surface area contributed by atoms with Gasteiger partial charge in [-0.2, -0.15) is 0 Å². The van der Waals surface area contributed by atoms with E-state index >= 15 is 0 Å². The molecule has 1 aliphatic carbocycles. The molecule has 44 heavy (non-hydrogen) atoms. The third kappa shape index (κ3) is 3.66. The van der Waals surface area contributed by atoms with E-state index in [1.165, 1.54) is 49.0 Å².